The molecule has 127 valence electrons. The molecule has 9 heteroatoms. The molecule has 1 aliphatic carbocycles. The molecule has 0 bridgehead atoms. The molecular formula is C14H21N4O4Se. The summed E-state index contributed by atoms with van der Waals surface area (Å²) in [6.45, 7) is 0.511. The van der Waals surface area contributed by atoms with Gasteiger partial charge in [-0.2, -0.15) is 0 Å². The SMILES string of the molecule is C[Se](C)N=C1C(=NCCCCCC(=O)O)C=CC([N+](=O)[O-])=C1N. The predicted molar refractivity (Wildman–Crippen MR) is 90.7 cm³/mol. The molecule has 23 heavy (non-hydrogen) atoms. The molecule has 0 heterocycles. The number of aliphatic carboxylic acids is 1. The molecule has 8 nitrogen and oxygen atoms in total. The minimum atomic E-state index is -1.24. The Hall–Kier alpha value is -1.99. The Morgan fingerprint density at radius 3 is 2.61 bits per heavy atom. The van der Waals surface area contributed by atoms with E-state index in [-0.39, 0.29) is 17.8 Å². The number of rotatable bonds is 8. The number of carbonyl (C=O) groups is 1. The Balaban J connectivity index is 2.78. The maximum absolute atomic E-state index is 11.0. The fourth-order valence-corrected chi connectivity index (χ4v) is 3.08. The molecule has 1 rings (SSSR count). The van der Waals surface area contributed by atoms with E-state index in [0.29, 0.717) is 24.4 Å². The molecule has 1 aliphatic rings. The summed E-state index contributed by atoms with van der Waals surface area (Å²) in [6, 6.07) is 0. The molecule has 1 radical (unpaired) electrons. The summed E-state index contributed by atoms with van der Waals surface area (Å²) >= 11 is -1.24. The first-order valence-corrected chi connectivity index (χ1v) is 11.3. The van der Waals surface area contributed by atoms with Crippen molar-refractivity contribution in [1.29, 1.82) is 0 Å². The van der Waals surface area contributed by atoms with Crippen molar-refractivity contribution in [2.24, 2.45) is 14.7 Å². The summed E-state index contributed by atoms with van der Waals surface area (Å²) in [5.74, 6) is 3.16. The number of aliphatic imine (C=N–C) groups is 1. The second-order valence-electron chi connectivity index (χ2n) is 5.07. The molecule has 0 atom stereocenters. The summed E-state index contributed by atoms with van der Waals surface area (Å²) in [5.41, 5.74) is 6.74. The average Bonchev–Trinajstić information content (AvgIpc) is 2.44. The Morgan fingerprint density at radius 2 is 2.04 bits per heavy atom. The predicted octanol–water partition coefficient (Wildman–Crippen LogP) is 1.78. The average molecular weight is 388 g/mol. The number of carboxylic acids is 1. The van der Waals surface area contributed by atoms with Crippen molar-refractivity contribution in [3.8, 4) is 0 Å². The second kappa shape index (κ2) is 9.22. The maximum atomic E-state index is 11.0. The summed E-state index contributed by atoms with van der Waals surface area (Å²) in [5, 5.41) is 19.5. The molecule has 0 amide bonds. The Bertz CT molecular complexity index is 594. The van der Waals surface area contributed by atoms with E-state index in [2.05, 4.69) is 9.00 Å². The van der Waals surface area contributed by atoms with Crippen LogP contribution in [0, 0.1) is 10.1 Å². The zero-order valence-corrected chi connectivity index (χ0v) is 14.9. The van der Waals surface area contributed by atoms with Gasteiger partial charge in [-0.1, -0.05) is 0 Å². The Kier molecular flexibility index (Phi) is 7.64. The molecule has 0 aromatic rings. The molecule has 0 aliphatic heterocycles. The third-order valence-electron chi connectivity index (χ3n) is 2.97. The van der Waals surface area contributed by atoms with E-state index in [1.807, 2.05) is 11.6 Å². The van der Waals surface area contributed by atoms with Crippen LogP contribution >= 0.6 is 0 Å². The van der Waals surface area contributed by atoms with Crippen molar-refractivity contribution < 1.29 is 14.8 Å². The van der Waals surface area contributed by atoms with Crippen molar-refractivity contribution in [2.45, 2.75) is 37.3 Å². The number of hydrogen-bond donors (Lipinski definition) is 2. The first-order chi connectivity index (χ1) is 10.8. The molecule has 3 N–H and O–H groups in total. The fraction of sp³-hybridized carbons (Fsp3) is 0.500. The number of allylic oxidation sites excluding steroid dienone is 3. The zero-order chi connectivity index (χ0) is 17.4. The van der Waals surface area contributed by atoms with Gasteiger partial charge in [0, 0.05) is 0 Å². The third-order valence-corrected chi connectivity index (χ3v) is 4.12. The van der Waals surface area contributed by atoms with Crippen molar-refractivity contribution in [3.63, 3.8) is 0 Å². The standard InChI is InChI=1S/C14H21N4O4Se/c1-23(2)17-14-10(7-8-11(13(14)15)18(21)22)16-9-5-3-4-6-12(19)20/h7-8H,3-6,9,15H2,1-2H3,(H,19,20). The number of hydrogen-bond acceptors (Lipinski definition) is 6. The summed E-state index contributed by atoms with van der Waals surface area (Å²) in [7, 11) is 0. The summed E-state index contributed by atoms with van der Waals surface area (Å²) in [4.78, 5) is 25.3. The molecule has 0 aromatic heterocycles. The first-order valence-electron chi connectivity index (χ1n) is 7.08. The van der Waals surface area contributed by atoms with Crippen LogP contribution in [-0.2, 0) is 4.79 Å². The van der Waals surface area contributed by atoms with E-state index in [0.717, 1.165) is 12.8 Å². The van der Waals surface area contributed by atoms with Crippen LogP contribution in [0.5, 0.6) is 0 Å². The van der Waals surface area contributed by atoms with Gasteiger partial charge in [0.2, 0.25) is 0 Å². The van der Waals surface area contributed by atoms with Crippen molar-refractivity contribution in [1.82, 2.24) is 0 Å². The van der Waals surface area contributed by atoms with E-state index in [1.165, 1.54) is 6.08 Å². The third kappa shape index (κ3) is 6.33. The van der Waals surface area contributed by atoms with Gasteiger partial charge < -0.3 is 0 Å². The van der Waals surface area contributed by atoms with Gasteiger partial charge in [-0.15, -0.1) is 0 Å². The van der Waals surface area contributed by atoms with Crippen LogP contribution in [0.1, 0.15) is 25.7 Å². The molecular weight excluding hydrogens is 367 g/mol. The van der Waals surface area contributed by atoms with Crippen LogP contribution in [0.3, 0.4) is 0 Å². The van der Waals surface area contributed by atoms with Gasteiger partial charge >= 0.3 is 139 Å². The number of unbranched alkanes of at least 4 members (excludes halogenated alkanes) is 2. The first kappa shape index (κ1) is 19.1. The van der Waals surface area contributed by atoms with Crippen LogP contribution in [0.2, 0.25) is 11.6 Å². The number of nitrogens with zero attached hydrogens (tertiary/aromatic N) is 3. The van der Waals surface area contributed by atoms with Crippen LogP contribution in [0.15, 0.2) is 32.5 Å². The Morgan fingerprint density at radius 1 is 1.35 bits per heavy atom. The Labute approximate surface area is 139 Å². The van der Waals surface area contributed by atoms with E-state index in [4.69, 9.17) is 10.8 Å². The number of nitro groups is 1. The van der Waals surface area contributed by atoms with Crippen molar-refractivity contribution >= 4 is 31.5 Å². The molecule has 0 fully saturated rings. The minimum absolute atomic E-state index is 0.0552. The molecule has 0 saturated heterocycles. The van der Waals surface area contributed by atoms with E-state index >= 15 is 0 Å². The van der Waals surface area contributed by atoms with Crippen LogP contribution in [-0.4, -0.2) is 48.1 Å². The van der Waals surface area contributed by atoms with Crippen molar-refractivity contribution in [2.75, 3.05) is 6.54 Å². The van der Waals surface area contributed by atoms with Crippen LogP contribution < -0.4 is 5.73 Å². The van der Waals surface area contributed by atoms with Crippen LogP contribution in [0.4, 0.5) is 0 Å². The van der Waals surface area contributed by atoms with E-state index in [9.17, 15) is 14.9 Å². The van der Waals surface area contributed by atoms with Gasteiger partial charge in [0.1, 0.15) is 0 Å². The van der Waals surface area contributed by atoms with Gasteiger partial charge in [-0.05, 0) is 0 Å². The fourth-order valence-electron chi connectivity index (χ4n) is 1.92. The second-order valence-corrected chi connectivity index (χ2v) is 8.70. The van der Waals surface area contributed by atoms with Crippen molar-refractivity contribution in [3.05, 3.63) is 33.7 Å². The summed E-state index contributed by atoms with van der Waals surface area (Å²) < 4.78 is 4.46. The molecule has 0 spiro atoms. The van der Waals surface area contributed by atoms with Gasteiger partial charge in [0.15, 0.2) is 0 Å². The zero-order valence-electron chi connectivity index (χ0n) is 13.2. The quantitative estimate of drug-likeness (QED) is 0.215. The number of nitrogens with two attached hydrogens (primary N) is 1. The van der Waals surface area contributed by atoms with Gasteiger partial charge in [0.05, 0.1) is 0 Å². The molecule has 0 unspecified atom stereocenters. The monoisotopic (exact) mass is 389 g/mol. The van der Waals surface area contributed by atoms with E-state index in [1.54, 1.807) is 6.08 Å². The number of carboxylic acid groups (broad SMARTS) is 1. The van der Waals surface area contributed by atoms with E-state index < -0.39 is 25.0 Å². The van der Waals surface area contributed by atoms with Gasteiger partial charge in [-0.3, -0.25) is 0 Å². The van der Waals surface area contributed by atoms with Gasteiger partial charge in [0.25, 0.3) is 0 Å². The normalized spacial score (nSPS) is 18.2. The molecule has 0 aromatic carbocycles. The summed E-state index contributed by atoms with van der Waals surface area (Å²) in [6.07, 6.45) is 5.20. The van der Waals surface area contributed by atoms with Gasteiger partial charge in [-0.25, -0.2) is 0 Å². The van der Waals surface area contributed by atoms with Crippen LogP contribution in [0.25, 0.3) is 0 Å². The topological polar surface area (TPSA) is 131 Å². The molecule has 0 saturated carbocycles.